The van der Waals surface area contributed by atoms with Crippen LogP contribution in [0.25, 0.3) is 10.9 Å². The average Bonchev–Trinajstić information content (AvgIpc) is 2.93. The molecule has 2 aromatic rings. The largest absolute Gasteiger partial charge is 0.396 e. The molecule has 1 aliphatic rings. The van der Waals surface area contributed by atoms with Crippen molar-refractivity contribution in [3.8, 4) is 0 Å². The van der Waals surface area contributed by atoms with Crippen molar-refractivity contribution in [1.82, 2.24) is 9.78 Å². The van der Waals surface area contributed by atoms with Crippen LogP contribution in [0.2, 0.25) is 0 Å². The van der Waals surface area contributed by atoms with Crippen molar-refractivity contribution in [1.29, 1.82) is 0 Å². The number of aliphatic hydroxyl groups is 1. The van der Waals surface area contributed by atoms with Crippen LogP contribution < -0.4 is 0 Å². The van der Waals surface area contributed by atoms with Crippen LogP contribution >= 0.6 is 0 Å². The standard InChI is InChI=1S/C12H13FN2O/c1-15-5-10-8(9-4-7(9)6-16)2-3-11(13)12(10)14-15/h2-3,5,7,9,16H,4,6H2,1H3. The van der Waals surface area contributed by atoms with E-state index in [4.69, 9.17) is 5.11 Å². The Labute approximate surface area is 92.5 Å². The van der Waals surface area contributed by atoms with E-state index >= 15 is 0 Å². The molecular formula is C12H13FN2O. The summed E-state index contributed by atoms with van der Waals surface area (Å²) < 4.78 is 15.1. The number of nitrogens with zero attached hydrogens (tertiary/aromatic N) is 2. The van der Waals surface area contributed by atoms with E-state index in [2.05, 4.69) is 5.10 Å². The molecule has 1 aromatic heterocycles. The Bertz CT molecular complexity index is 549. The first kappa shape index (κ1) is 9.78. The third kappa shape index (κ3) is 1.33. The lowest BCUT2D eigenvalue weighted by molar-refractivity contribution is 0.274. The summed E-state index contributed by atoms with van der Waals surface area (Å²) in [4.78, 5) is 0. The van der Waals surface area contributed by atoms with Crippen molar-refractivity contribution in [3.05, 3.63) is 29.7 Å². The second kappa shape index (κ2) is 3.28. The van der Waals surface area contributed by atoms with Crippen LogP contribution in [-0.2, 0) is 7.05 Å². The van der Waals surface area contributed by atoms with Gasteiger partial charge in [0.15, 0.2) is 5.82 Å². The summed E-state index contributed by atoms with van der Waals surface area (Å²) in [5, 5.41) is 14.1. The lowest BCUT2D eigenvalue weighted by atomic mass is 10.0. The molecule has 0 bridgehead atoms. The summed E-state index contributed by atoms with van der Waals surface area (Å²) in [5.74, 6) is 0.437. The lowest BCUT2D eigenvalue weighted by Crippen LogP contribution is -1.90. The third-order valence-electron chi connectivity index (χ3n) is 3.33. The van der Waals surface area contributed by atoms with Gasteiger partial charge in [-0.05, 0) is 29.9 Å². The van der Waals surface area contributed by atoms with Gasteiger partial charge in [-0.25, -0.2) is 4.39 Å². The van der Waals surface area contributed by atoms with Gasteiger partial charge >= 0.3 is 0 Å². The zero-order valence-electron chi connectivity index (χ0n) is 9.02. The summed E-state index contributed by atoms with van der Waals surface area (Å²) in [7, 11) is 1.79. The molecule has 0 spiro atoms. The summed E-state index contributed by atoms with van der Waals surface area (Å²) >= 11 is 0. The van der Waals surface area contributed by atoms with Crippen molar-refractivity contribution in [2.24, 2.45) is 13.0 Å². The normalized spacial score (nSPS) is 23.9. The fourth-order valence-corrected chi connectivity index (χ4v) is 2.36. The van der Waals surface area contributed by atoms with E-state index in [1.807, 2.05) is 12.3 Å². The Balaban J connectivity index is 2.15. The first-order chi connectivity index (χ1) is 7.70. The highest BCUT2D eigenvalue weighted by Gasteiger charge is 2.38. The van der Waals surface area contributed by atoms with Crippen molar-refractivity contribution >= 4 is 10.9 Å². The fourth-order valence-electron chi connectivity index (χ4n) is 2.36. The molecule has 1 heterocycles. The van der Waals surface area contributed by atoms with Crippen LogP contribution in [0, 0.1) is 11.7 Å². The monoisotopic (exact) mass is 220 g/mol. The molecule has 1 N–H and O–H groups in total. The summed E-state index contributed by atoms with van der Waals surface area (Å²) in [6.45, 7) is 0.212. The van der Waals surface area contributed by atoms with Gasteiger partial charge in [0.25, 0.3) is 0 Å². The van der Waals surface area contributed by atoms with E-state index in [1.165, 1.54) is 6.07 Å². The second-order valence-corrected chi connectivity index (χ2v) is 4.49. The fraction of sp³-hybridized carbons (Fsp3) is 0.417. The Hall–Kier alpha value is -1.42. The van der Waals surface area contributed by atoms with Gasteiger partial charge in [-0.3, -0.25) is 4.68 Å². The van der Waals surface area contributed by atoms with Crippen molar-refractivity contribution in [2.45, 2.75) is 12.3 Å². The minimum Gasteiger partial charge on any atom is -0.396 e. The molecule has 0 saturated heterocycles. The average molecular weight is 220 g/mol. The lowest BCUT2D eigenvalue weighted by Gasteiger charge is -2.01. The number of rotatable bonds is 2. The Morgan fingerprint density at radius 1 is 1.56 bits per heavy atom. The molecular weight excluding hydrogens is 207 g/mol. The molecule has 3 nitrogen and oxygen atoms in total. The van der Waals surface area contributed by atoms with Crippen molar-refractivity contribution in [3.63, 3.8) is 0 Å². The highest BCUT2D eigenvalue weighted by Crippen LogP contribution is 2.49. The SMILES string of the molecule is Cn1cc2c(C3CC3CO)ccc(F)c2n1. The van der Waals surface area contributed by atoms with Crippen LogP contribution in [0.1, 0.15) is 17.9 Å². The predicted octanol–water partition coefficient (Wildman–Crippen LogP) is 1.81. The molecule has 2 atom stereocenters. The van der Waals surface area contributed by atoms with Gasteiger partial charge < -0.3 is 5.11 Å². The summed E-state index contributed by atoms with van der Waals surface area (Å²) in [6.07, 6.45) is 2.84. The molecule has 1 fully saturated rings. The molecule has 3 rings (SSSR count). The molecule has 2 unspecified atom stereocenters. The first-order valence-corrected chi connectivity index (χ1v) is 5.43. The van der Waals surface area contributed by atoms with Gasteiger partial charge in [-0.2, -0.15) is 5.10 Å². The minimum atomic E-state index is -0.277. The van der Waals surface area contributed by atoms with E-state index < -0.39 is 0 Å². The van der Waals surface area contributed by atoms with Gasteiger partial charge in [0.05, 0.1) is 0 Å². The molecule has 1 aliphatic carbocycles. The maximum Gasteiger partial charge on any atom is 0.151 e. The quantitative estimate of drug-likeness (QED) is 0.838. The van der Waals surface area contributed by atoms with Crippen LogP contribution in [0.4, 0.5) is 4.39 Å². The maximum atomic E-state index is 13.5. The van der Waals surface area contributed by atoms with E-state index in [1.54, 1.807) is 11.7 Å². The van der Waals surface area contributed by atoms with Crippen molar-refractivity contribution in [2.75, 3.05) is 6.61 Å². The molecule has 16 heavy (non-hydrogen) atoms. The second-order valence-electron chi connectivity index (χ2n) is 4.49. The molecule has 1 aromatic carbocycles. The Morgan fingerprint density at radius 2 is 2.38 bits per heavy atom. The molecule has 84 valence electrons. The van der Waals surface area contributed by atoms with Crippen LogP contribution in [-0.4, -0.2) is 21.5 Å². The molecule has 4 heteroatoms. The van der Waals surface area contributed by atoms with Crippen LogP contribution in [0.5, 0.6) is 0 Å². The number of aryl methyl sites for hydroxylation is 1. The predicted molar refractivity (Wildman–Crippen MR) is 58.6 cm³/mol. The van der Waals surface area contributed by atoms with Crippen molar-refractivity contribution < 1.29 is 9.50 Å². The van der Waals surface area contributed by atoms with E-state index in [9.17, 15) is 4.39 Å². The number of fused-ring (bicyclic) bond motifs is 1. The Morgan fingerprint density at radius 3 is 3.06 bits per heavy atom. The molecule has 0 aliphatic heterocycles. The number of aliphatic hydroxyl groups excluding tert-OH is 1. The molecule has 0 amide bonds. The Kier molecular flexibility index (Phi) is 2.01. The number of hydrogen-bond donors (Lipinski definition) is 1. The van der Waals surface area contributed by atoms with E-state index in [0.717, 1.165) is 17.4 Å². The van der Waals surface area contributed by atoms with Crippen LogP contribution in [0.3, 0.4) is 0 Å². The van der Waals surface area contributed by atoms with Gasteiger partial charge in [0.2, 0.25) is 0 Å². The summed E-state index contributed by atoms with van der Waals surface area (Å²) in [5.41, 5.74) is 1.55. The zero-order valence-corrected chi connectivity index (χ0v) is 9.02. The van der Waals surface area contributed by atoms with Gasteiger partial charge in [-0.1, -0.05) is 6.07 Å². The number of hydrogen-bond acceptors (Lipinski definition) is 2. The van der Waals surface area contributed by atoms with Gasteiger partial charge in [-0.15, -0.1) is 0 Å². The van der Waals surface area contributed by atoms with Gasteiger partial charge in [0.1, 0.15) is 5.52 Å². The van der Waals surface area contributed by atoms with Gasteiger partial charge in [0, 0.05) is 25.2 Å². The topological polar surface area (TPSA) is 38.0 Å². The number of halogens is 1. The third-order valence-corrected chi connectivity index (χ3v) is 3.33. The van der Waals surface area contributed by atoms with Crippen LogP contribution in [0.15, 0.2) is 18.3 Å². The van der Waals surface area contributed by atoms with E-state index in [-0.39, 0.29) is 12.4 Å². The summed E-state index contributed by atoms with van der Waals surface area (Å²) in [6, 6.07) is 3.29. The smallest absolute Gasteiger partial charge is 0.151 e. The molecule has 1 saturated carbocycles. The molecule has 0 radical (unpaired) electrons. The number of benzene rings is 1. The van der Waals surface area contributed by atoms with E-state index in [0.29, 0.717) is 17.4 Å². The maximum absolute atomic E-state index is 13.5. The number of aromatic nitrogens is 2. The minimum absolute atomic E-state index is 0.212. The zero-order chi connectivity index (χ0) is 11.3. The highest BCUT2D eigenvalue weighted by molar-refractivity contribution is 5.83. The highest BCUT2D eigenvalue weighted by atomic mass is 19.1. The first-order valence-electron chi connectivity index (χ1n) is 5.43.